The van der Waals surface area contributed by atoms with Crippen molar-refractivity contribution in [2.45, 2.75) is 13.3 Å². The van der Waals surface area contributed by atoms with Gasteiger partial charge in [-0.15, -0.1) is 0 Å². The van der Waals surface area contributed by atoms with Crippen LogP contribution in [0.25, 0.3) is 0 Å². The smallest absolute Gasteiger partial charge is 0.189 e. The molecule has 0 spiro atoms. The number of hydrogen-bond donors (Lipinski definition) is 0. The van der Waals surface area contributed by atoms with Gasteiger partial charge in [-0.1, -0.05) is 25.1 Å². The van der Waals surface area contributed by atoms with E-state index >= 15 is 0 Å². The highest BCUT2D eigenvalue weighted by atomic mass is 16.7. The lowest BCUT2D eigenvalue weighted by atomic mass is 10.1. The molecule has 0 unspecified atom stereocenters. The molecular weight excluding hydrogens is 192 g/mol. The first-order valence-electron chi connectivity index (χ1n) is 5.07. The molecule has 0 aliphatic heterocycles. The Morgan fingerprint density at radius 1 is 1.33 bits per heavy atom. The Kier molecular flexibility index (Phi) is 5.81. The van der Waals surface area contributed by atoms with E-state index in [1.165, 1.54) is 0 Å². The number of rotatable bonds is 7. The fourth-order valence-corrected chi connectivity index (χ4v) is 1.17. The second-order valence-electron chi connectivity index (χ2n) is 3.04. The fraction of sp³-hybridized carbons (Fsp3) is 0.500. The quantitative estimate of drug-likeness (QED) is 0.508. The molecule has 0 amide bonds. The van der Waals surface area contributed by atoms with E-state index in [0.29, 0.717) is 13.2 Å². The summed E-state index contributed by atoms with van der Waals surface area (Å²) in [4.78, 5) is 0. The molecule has 1 radical (unpaired) electrons. The third-order valence-electron chi connectivity index (χ3n) is 2.00. The number of hydrogen-bond acceptors (Lipinski definition) is 3. The molecule has 0 fully saturated rings. The number of methoxy groups -OCH3 is 1. The van der Waals surface area contributed by atoms with Gasteiger partial charge in [-0.2, -0.15) is 0 Å². The molecule has 3 heteroatoms. The van der Waals surface area contributed by atoms with Gasteiger partial charge in [0.1, 0.15) is 5.75 Å². The average molecular weight is 209 g/mol. The fourth-order valence-electron chi connectivity index (χ4n) is 1.17. The van der Waals surface area contributed by atoms with Crippen LogP contribution in [0.3, 0.4) is 0 Å². The molecule has 83 valence electrons. The summed E-state index contributed by atoms with van der Waals surface area (Å²) in [6.45, 7) is 3.46. The predicted molar refractivity (Wildman–Crippen MR) is 58.0 cm³/mol. The minimum absolute atomic E-state index is 0.247. The number of para-hydroxylation sites is 1. The van der Waals surface area contributed by atoms with Crippen LogP contribution in [0, 0.1) is 6.07 Å². The Morgan fingerprint density at radius 2 is 2.20 bits per heavy atom. The summed E-state index contributed by atoms with van der Waals surface area (Å²) < 4.78 is 15.5. The zero-order valence-corrected chi connectivity index (χ0v) is 9.29. The van der Waals surface area contributed by atoms with Crippen LogP contribution >= 0.6 is 0 Å². The normalized spacial score (nSPS) is 10.3. The molecule has 0 N–H and O–H groups in total. The van der Waals surface area contributed by atoms with Crippen LogP contribution in [-0.4, -0.2) is 27.1 Å². The van der Waals surface area contributed by atoms with Gasteiger partial charge < -0.3 is 14.2 Å². The van der Waals surface area contributed by atoms with E-state index in [0.717, 1.165) is 17.7 Å². The first-order chi connectivity index (χ1) is 7.38. The van der Waals surface area contributed by atoms with Crippen molar-refractivity contribution in [1.82, 2.24) is 0 Å². The molecule has 1 rings (SSSR count). The van der Waals surface area contributed by atoms with Crippen LogP contribution in [-0.2, 0) is 15.9 Å². The lowest BCUT2D eigenvalue weighted by molar-refractivity contribution is -0.00896. The molecule has 0 bridgehead atoms. The molecule has 15 heavy (non-hydrogen) atoms. The standard InChI is InChI=1S/C12H17O3/c1-3-11-6-4-5-7-12(11)15-10-14-9-8-13-2/h4-6H,3,8-10H2,1-2H3. The number of ether oxygens (including phenoxy) is 3. The zero-order valence-electron chi connectivity index (χ0n) is 9.29. The van der Waals surface area contributed by atoms with Gasteiger partial charge in [0.25, 0.3) is 0 Å². The molecule has 3 nitrogen and oxygen atoms in total. The molecular formula is C12H17O3. The molecule has 1 aromatic rings. The lowest BCUT2D eigenvalue weighted by Crippen LogP contribution is -2.08. The first-order valence-corrected chi connectivity index (χ1v) is 5.07. The number of aryl methyl sites for hydroxylation is 1. The van der Waals surface area contributed by atoms with Crippen molar-refractivity contribution < 1.29 is 14.2 Å². The monoisotopic (exact) mass is 209 g/mol. The van der Waals surface area contributed by atoms with Crippen LogP contribution in [0.5, 0.6) is 5.75 Å². The van der Waals surface area contributed by atoms with Gasteiger partial charge in [-0.3, -0.25) is 0 Å². The predicted octanol–water partition coefficient (Wildman–Crippen LogP) is 2.05. The van der Waals surface area contributed by atoms with Crippen molar-refractivity contribution in [3.8, 4) is 5.75 Å². The maximum Gasteiger partial charge on any atom is 0.189 e. The molecule has 0 aromatic heterocycles. The van der Waals surface area contributed by atoms with E-state index in [2.05, 4.69) is 13.0 Å². The van der Waals surface area contributed by atoms with E-state index in [1.807, 2.05) is 18.2 Å². The van der Waals surface area contributed by atoms with E-state index in [9.17, 15) is 0 Å². The molecule has 0 atom stereocenters. The van der Waals surface area contributed by atoms with Gasteiger partial charge >= 0.3 is 0 Å². The maximum absolute atomic E-state index is 5.44. The van der Waals surface area contributed by atoms with Gasteiger partial charge in [0.05, 0.1) is 13.2 Å². The molecule has 0 aliphatic rings. The second-order valence-corrected chi connectivity index (χ2v) is 3.04. The maximum atomic E-state index is 5.44. The highest BCUT2D eigenvalue weighted by molar-refractivity contribution is 5.31. The summed E-state index contributed by atoms with van der Waals surface area (Å²) in [5.41, 5.74) is 1.15. The van der Waals surface area contributed by atoms with E-state index in [4.69, 9.17) is 14.2 Å². The second kappa shape index (κ2) is 7.26. The molecule has 1 aromatic carbocycles. The molecule has 0 saturated carbocycles. The van der Waals surface area contributed by atoms with Crippen molar-refractivity contribution in [2.75, 3.05) is 27.1 Å². The van der Waals surface area contributed by atoms with Gasteiger partial charge in [0.2, 0.25) is 0 Å². The highest BCUT2D eigenvalue weighted by Crippen LogP contribution is 2.17. The van der Waals surface area contributed by atoms with Crippen molar-refractivity contribution >= 4 is 0 Å². The Balaban J connectivity index is 2.30. The molecule has 0 heterocycles. The SMILES string of the molecule is CCc1ccc[c]c1OCOCCOC. The van der Waals surface area contributed by atoms with Gasteiger partial charge in [-0.05, 0) is 12.0 Å². The van der Waals surface area contributed by atoms with E-state index in [1.54, 1.807) is 7.11 Å². The number of benzene rings is 1. The van der Waals surface area contributed by atoms with E-state index < -0.39 is 0 Å². The third kappa shape index (κ3) is 4.32. The Hall–Kier alpha value is -1.06. The van der Waals surface area contributed by atoms with Crippen LogP contribution < -0.4 is 4.74 Å². The molecule has 0 saturated heterocycles. The molecule has 0 aliphatic carbocycles. The van der Waals surface area contributed by atoms with Crippen LogP contribution in [0.15, 0.2) is 18.2 Å². The van der Waals surface area contributed by atoms with Gasteiger partial charge in [-0.25, -0.2) is 0 Å². The third-order valence-corrected chi connectivity index (χ3v) is 2.00. The van der Waals surface area contributed by atoms with Crippen molar-refractivity contribution in [3.05, 3.63) is 29.8 Å². The minimum Gasteiger partial charge on any atom is -0.467 e. The van der Waals surface area contributed by atoms with Crippen LogP contribution in [0.1, 0.15) is 12.5 Å². The summed E-state index contributed by atoms with van der Waals surface area (Å²) in [6, 6.07) is 8.87. The summed E-state index contributed by atoms with van der Waals surface area (Å²) in [7, 11) is 1.64. The summed E-state index contributed by atoms with van der Waals surface area (Å²) in [5, 5.41) is 0. The minimum atomic E-state index is 0.247. The Bertz CT molecular complexity index is 273. The summed E-state index contributed by atoms with van der Waals surface area (Å²) in [5.74, 6) is 0.775. The Labute approximate surface area is 91.0 Å². The lowest BCUT2D eigenvalue weighted by Gasteiger charge is -2.09. The Morgan fingerprint density at radius 3 is 2.93 bits per heavy atom. The highest BCUT2D eigenvalue weighted by Gasteiger charge is 2.00. The van der Waals surface area contributed by atoms with Crippen molar-refractivity contribution in [2.24, 2.45) is 0 Å². The largest absolute Gasteiger partial charge is 0.467 e. The van der Waals surface area contributed by atoms with E-state index in [-0.39, 0.29) is 6.79 Å². The first kappa shape index (κ1) is 12.0. The van der Waals surface area contributed by atoms with Crippen LogP contribution in [0.2, 0.25) is 0 Å². The zero-order chi connectivity index (χ0) is 10.9. The van der Waals surface area contributed by atoms with Crippen molar-refractivity contribution in [1.29, 1.82) is 0 Å². The summed E-state index contributed by atoms with van der Waals surface area (Å²) >= 11 is 0. The van der Waals surface area contributed by atoms with Crippen LogP contribution in [0.4, 0.5) is 0 Å². The topological polar surface area (TPSA) is 27.7 Å². The average Bonchev–Trinajstić information content (AvgIpc) is 2.29. The summed E-state index contributed by atoms with van der Waals surface area (Å²) in [6.07, 6.45) is 0.935. The van der Waals surface area contributed by atoms with Gasteiger partial charge in [0, 0.05) is 13.2 Å². The van der Waals surface area contributed by atoms with Gasteiger partial charge in [0.15, 0.2) is 6.79 Å². The van der Waals surface area contributed by atoms with Crippen molar-refractivity contribution in [3.63, 3.8) is 0 Å².